The molecule has 0 aromatic heterocycles. The van der Waals surface area contributed by atoms with Gasteiger partial charge in [-0.3, -0.25) is 9.59 Å². The molecule has 0 aromatic rings. The lowest BCUT2D eigenvalue weighted by atomic mass is 10.0. The summed E-state index contributed by atoms with van der Waals surface area (Å²) < 4.78 is 5.47. The molecule has 0 aliphatic heterocycles. The van der Waals surface area contributed by atoms with Crippen LogP contribution in [0.2, 0.25) is 0 Å². The average Bonchev–Trinajstić information content (AvgIpc) is 3.49. The number of unbranched alkanes of at least 4 members (excludes halogenated alkanes) is 53. The number of rotatable bonds is 70. The summed E-state index contributed by atoms with van der Waals surface area (Å²) in [5.74, 6) is -0.0584. The fourth-order valence-corrected chi connectivity index (χ4v) is 11.6. The third kappa shape index (κ3) is 68.8. The molecule has 6 nitrogen and oxygen atoms in total. The van der Waals surface area contributed by atoms with Crippen LogP contribution in [0.25, 0.3) is 0 Å². The fraction of sp³-hybridized carbons (Fsp3) is 0.870. The number of amides is 1. The maximum absolute atomic E-state index is 12.5. The Morgan fingerprint density at radius 2 is 0.602 bits per heavy atom. The highest BCUT2D eigenvalue weighted by atomic mass is 16.5. The molecule has 0 rings (SSSR count). The topological polar surface area (TPSA) is 95.9 Å². The van der Waals surface area contributed by atoms with Crippen LogP contribution in [-0.4, -0.2) is 47.4 Å². The Morgan fingerprint density at radius 3 is 0.952 bits per heavy atom. The van der Waals surface area contributed by atoms with Gasteiger partial charge in [0.15, 0.2) is 0 Å². The summed E-state index contributed by atoms with van der Waals surface area (Å²) in [7, 11) is 0. The first-order chi connectivity index (χ1) is 41.0. The summed E-state index contributed by atoms with van der Waals surface area (Å²) in [5, 5.41) is 23.3. The lowest BCUT2D eigenvalue weighted by molar-refractivity contribution is -0.143. The van der Waals surface area contributed by atoms with Gasteiger partial charge in [0.05, 0.1) is 25.4 Å². The van der Waals surface area contributed by atoms with E-state index in [0.29, 0.717) is 19.4 Å². The molecule has 3 N–H and O–H groups in total. The molecule has 0 aromatic carbocycles. The van der Waals surface area contributed by atoms with Gasteiger partial charge in [-0.1, -0.05) is 351 Å². The molecule has 0 saturated heterocycles. The number of hydrogen-bond acceptors (Lipinski definition) is 5. The molecule has 2 unspecified atom stereocenters. The lowest BCUT2D eigenvalue weighted by Gasteiger charge is -2.20. The molecule has 2 atom stereocenters. The van der Waals surface area contributed by atoms with Crippen molar-refractivity contribution < 1.29 is 24.5 Å². The van der Waals surface area contributed by atoms with Gasteiger partial charge in [-0.05, 0) is 89.9 Å². The zero-order valence-corrected chi connectivity index (χ0v) is 55.9. The van der Waals surface area contributed by atoms with Gasteiger partial charge in [0.2, 0.25) is 5.91 Å². The van der Waals surface area contributed by atoms with Crippen LogP contribution in [0.3, 0.4) is 0 Å². The van der Waals surface area contributed by atoms with Gasteiger partial charge in [-0.25, -0.2) is 0 Å². The highest BCUT2D eigenvalue weighted by Gasteiger charge is 2.18. The first-order valence-corrected chi connectivity index (χ1v) is 37.4. The minimum Gasteiger partial charge on any atom is -0.466 e. The minimum absolute atomic E-state index is 0.00397. The number of hydrogen-bond donors (Lipinski definition) is 3. The monoisotopic (exact) mass is 1160 g/mol. The zero-order chi connectivity index (χ0) is 59.9. The largest absolute Gasteiger partial charge is 0.466 e. The second-order valence-electron chi connectivity index (χ2n) is 25.6. The van der Waals surface area contributed by atoms with Crippen LogP contribution in [0.1, 0.15) is 406 Å². The van der Waals surface area contributed by atoms with Crippen LogP contribution in [-0.2, 0) is 14.3 Å². The van der Waals surface area contributed by atoms with Gasteiger partial charge in [0.25, 0.3) is 0 Å². The quantitative estimate of drug-likeness (QED) is 0.0320. The molecule has 1 amide bonds. The zero-order valence-electron chi connectivity index (χ0n) is 55.9. The lowest BCUT2D eigenvalue weighted by Crippen LogP contribution is -2.45. The highest BCUT2D eigenvalue weighted by Crippen LogP contribution is 2.19. The standard InChI is InChI=1S/C77H145NO5/c1-3-5-7-9-11-13-15-17-18-19-20-34-37-40-43-46-49-53-57-61-65-69-75(80)74(73-79)78-76(81)70-66-62-58-54-50-47-44-41-38-35-32-30-28-26-24-22-21-23-25-27-29-31-33-36-39-42-45-48-52-56-60-64-68-72-83-77(82)71-67-63-59-55-51-16-14-12-10-8-6-4-2/h12,14,25,27,31,33,65,69,74-75,79-80H,3-11,13,15-24,26,28-30,32,34-64,66-68,70-73H2,1-2H3,(H,78,81)/b14-12-,27-25-,33-31-,69-65+. The van der Waals surface area contributed by atoms with Crippen molar-refractivity contribution in [2.24, 2.45) is 0 Å². The van der Waals surface area contributed by atoms with E-state index < -0.39 is 12.1 Å². The van der Waals surface area contributed by atoms with Crippen LogP contribution in [0.15, 0.2) is 48.6 Å². The van der Waals surface area contributed by atoms with Crippen LogP contribution in [0, 0.1) is 0 Å². The Balaban J connectivity index is 3.41. The molecule has 0 aliphatic carbocycles. The van der Waals surface area contributed by atoms with Crippen molar-refractivity contribution in [3.8, 4) is 0 Å². The minimum atomic E-state index is -0.845. The number of nitrogens with one attached hydrogen (secondary N) is 1. The van der Waals surface area contributed by atoms with E-state index in [0.717, 1.165) is 51.4 Å². The van der Waals surface area contributed by atoms with E-state index in [1.54, 1.807) is 6.08 Å². The second-order valence-corrected chi connectivity index (χ2v) is 25.6. The molecule has 0 heterocycles. The van der Waals surface area contributed by atoms with Gasteiger partial charge in [0.1, 0.15) is 0 Å². The Labute approximate surface area is 518 Å². The first kappa shape index (κ1) is 80.8. The summed E-state index contributed by atoms with van der Waals surface area (Å²) >= 11 is 0. The Bertz CT molecular complexity index is 1390. The van der Waals surface area contributed by atoms with E-state index in [1.165, 1.54) is 327 Å². The van der Waals surface area contributed by atoms with Crippen molar-refractivity contribution in [3.63, 3.8) is 0 Å². The average molecular weight is 1170 g/mol. The van der Waals surface area contributed by atoms with Gasteiger partial charge < -0.3 is 20.3 Å². The molecule has 0 saturated carbocycles. The van der Waals surface area contributed by atoms with Crippen molar-refractivity contribution in [3.05, 3.63) is 48.6 Å². The predicted molar refractivity (Wildman–Crippen MR) is 366 cm³/mol. The molecule has 0 aliphatic rings. The number of carbonyl (C=O) groups is 2. The summed E-state index contributed by atoms with van der Waals surface area (Å²) in [4.78, 5) is 24.6. The van der Waals surface area contributed by atoms with Crippen LogP contribution < -0.4 is 5.32 Å². The van der Waals surface area contributed by atoms with Gasteiger partial charge in [-0.2, -0.15) is 0 Å². The third-order valence-corrected chi connectivity index (χ3v) is 17.3. The Kier molecular flexibility index (Phi) is 70.4. The molecule has 0 radical (unpaired) electrons. The molecule has 6 heteroatoms. The van der Waals surface area contributed by atoms with Crippen LogP contribution >= 0.6 is 0 Å². The van der Waals surface area contributed by atoms with Crippen molar-refractivity contribution in [2.45, 2.75) is 418 Å². The van der Waals surface area contributed by atoms with E-state index >= 15 is 0 Å². The molecule has 0 fully saturated rings. The molecular weight excluding hydrogens is 1020 g/mol. The van der Waals surface area contributed by atoms with Crippen molar-refractivity contribution in [1.29, 1.82) is 0 Å². The normalized spacial score (nSPS) is 12.8. The Hall–Kier alpha value is -2.18. The van der Waals surface area contributed by atoms with E-state index in [1.807, 2.05) is 6.08 Å². The van der Waals surface area contributed by atoms with E-state index in [9.17, 15) is 19.8 Å². The molecular formula is C77H145NO5. The number of aliphatic hydroxyl groups excluding tert-OH is 2. The maximum atomic E-state index is 12.5. The third-order valence-electron chi connectivity index (χ3n) is 17.3. The fourth-order valence-electron chi connectivity index (χ4n) is 11.6. The number of allylic oxidation sites excluding steroid dienone is 7. The number of ether oxygens (including phenoxy) is 1. The highest BCUT2D eigenvalue weighted by molar-refractivity contribution is 5.76. The van der Waals surface area contributed by atoms with E-state index in [-0.39, 0.29) is 18.5 Å². The molecule has 488 valence electrons. The maximum Gasteiger partial charge on any atom is 0.305 e. The molecule has 83 heavy (non-hydrogen) atoms. The predicted octanol–water partition coefficient (Wildman–Crippen LogP) is 24.4. The summed E-state index contributed by atoms with van der Waals surface area (Å²) in [5.41, 5.74) is 0. The second kappa shape index (κ2) is 72.3. The summed E-state index contributed by atoms with van der Waals surface area (Å²) in [6.07, 6.45) is 95.0. The first-order valence-electron chi connectivity index (χ1n) is 37.4. The van der Waals surface area contributed by atoms with E-state index in [2.05, 4.69) is 55.6 Å². The van der Waals surface area contributed by atoms with Crippen LogP contribution in [0.5, 0.6) is 0 Å². The summed E-state index contributed by atoms with van der Waals surface area (Å²) in [6.45, 7) is 4.91. The van der Waals surface area contributed by atoms with Crippen LogP contribution in [0.4, 0.5) is 0 Å². The van der Waals surface area contributed by atoms with Gasteiger partial charge in [0, 0.05) is 12.8 Å². The van der Waals surface area contributed by atoms with E-state index in [4.69, 9.17) is 4.74 Å². The van der Waals surface area contributed by atoms with Crippen molar-refractivity contribution in [1.82, 2.24) is 5.32 Å². The smallest absolute Gasteiger partial charge is 0.305 e. The van der Waals surface area contributed by atoms with Crippen molar-refractivity contribution >= 4 is 11.9 Å². The van der Waals surface area contributed by atoms with Crippen molar-refractivity contribution in [2.75, 3.05) is 13.2 Å². The number of esters is 1. The Morgan fingerprint density at radius 1 is 0.337 bits per heavy atom. The van der Waals surface area contributed by atoms with Gasteiger partial charge in [-0.15, -0.1) is 0 Å². The SMILES string of the molecule is CCCCC/C=C\CCCCCCCC(=O)OCCCCCCCCCCC/C=C\C/C=C\CCCCCCCCCCCCCCCCCCCC(=O)NC(CO)C(O)/C=C/CCCCCCCCCCCCCCCCCCCCC. The molecule has 0 spiro atoms. The summed E-state index contributed by atoms with van der Waals surface area (Å²) in [6, 6.07) is -0.628. The number of aliphatic hydroxyl groups is 2. The molecule has 0 bridgehead atoms. The van der Waals surface area contributed by atoms with Gasteiger partial charge >= 0.3 is 5.97 Å². The number of carbonyl (C=O) groups excluding carboxylic acids is 2.